The minimum atomic E-state index is -0.276. The highest BCUT2D eigenvalue weighted by atomic mass is 16.2. The first-order chi connectivity index (χ1) is 13.5. The van der Waals surface area contributed by atoms with Crippen molar-refractivity contribution in [3.63, 3.8) is 0 Å². The molecule has 6 nitrogen and oxygen atoms in total. The van der Waals surface area contributed by atoms with Gasteiger partial charge < -0.3 is 4.90 Å². The van der Waals surface area contributed by atoms with Crippen LogP contribution in [0.1, 0.15) is 31.7 Å². The lowest BCUT2D eigenvalue weighted by atomic mass is 10.1. The topological polar surface area (TPSA) is 67.6 Å². The molecule has 0 aliphatic carbocycles. The molecule has 0 saturated carbocycles. The number of hydrogen-bond donors (Lipinski definition) is 0. The van der Waals surface area contributed by atoms with E-state index in [9.17, 15) is 9.59 Å². The molecule has 0 spiro atoms. The predicted molar refractivity (Wildman–Crippen MR) is 111 cm³/mol. The number of aromatic nitrogens is 2. The van der Waals surface area contributed by atoms with Crippen molar-refractivity contribution in [1.82, 2.24) is 9.66 Å². The zero-order chi connectivity index (χ0) is 19.8. The van der Waals surface area contributed by atoms with E-state index in [1.807, 2.05) is 30.3 Å². The first kappa shape index (κ1) is 18.1. The average Bonchev–Trinajstić information content (AvgIpc) is 2.94. The third-order valence-electron chi connectivity index (χ3n) is 4.94. The maximum absolute atomic E-state index is 13.1. The lowest BCUT2D eigenvalue weighted by Crippen LogP contribution is -2.33. The Balaban J connectivity index is 1.85. The van der Waals surface area contributed by atoms with E-state index in [1.54, 1.807) is 30.0 Å². The Morgan fingerprint density at radius 2 is 1.75 bits per heavy atom. The van der Waals surface area contributed by atoms with Crippen molar-refractivity contribution in [2.45, 2.75) is 27.2 Å². The number of rotatable bonds is 4. The summed E-state index contributed by atoms with van der Waals surface area (Å²) >= 11 is 0. The van der Waals surface area contributed by atoms with Crippen molar-refractivity contribution in [3.05, 3.63) is 70.3 Å². The Labute approximate surface area is 163 Å². The van der Waals surface area contributed by atoms with E-state index in [0.29, 0.717) is 29.2 Å². The van der Waals surface area contributed by atoms with Gasteiger partial charge in [0.05, 0.1) is 16.6 Å². The number of para-hydroxylation sites is 2. The summed E-state index contributed by atoms with van der Waals surface area (Å²) in [6.45, 7) is 6.60. The van der Waals surface area contributed by atoms with E-state index in [4.69, 9.17) is 0 Å². The SMILES string of the molecule is Cc1nc2ccccc2c(=O)n1N=C1C(=O)N(CCC(C)C)c2ccccc21. The van der Waals surface area contributed by atoms with Crippen LogP contribution in [-0.2, 0) is 4.79 Å². The van der Waals surface area contributed by atoms with Gasteiger partial charge in [-0.05, 0) is 37.5 Å². The molecule has 1 aromatic heterocycles. The van der Waals surface area contributed by atoms with E-state index in [0.717, 1.165) is 17.7 Å². The molecular weight excluding hydrogens is 352 g/mol. The van der Waals surface area contributed by atoms with Crippen LogP contribution in [0.25, 0.3) is 10.9 Å². The van der Waals surface area contributed by atoms with Crippen LogP contribution in [0.4, 0.5) is 5.69 Å². The number of nitrogens with zero attached hydrogens (tertiary/aromatic N) is 4. The average molecular weight is 374 g/mol. The van der Waals surface area contributed by atoms with Crippen LogP contribution >= 0.6 is 0 Å². The molecule has 0 unspecified atom stereocenters. The quantitative estimate of drug-likeness (QED) is 0.703. The fourth-order valence-corrected chi connectivity index (χ4v) is 3.42. The summed E-state index contributed by atoms with van der Waals surface area (Å²) in [5.74, 6) is 0.749. The zero-order valence-corrected chi connectivity index (χ0v) is 16.2. The van der Waals surface area contributed by atoms with Crippen LogP contribution in [0, 0.1) is 12.8 Å². The number of amides is 1. The second-order valence-corrected chi connectivity index (χ2v) is 7.40. The first-order valence-corrected chi connectivity index (χ1v) is 9.46. The second-order valence-electron chi connectivity index (χ2n) is 7.40. The molecule has 1 amide bonds. The fourth-order valence-electron chi connectivity index (χ4n) is 3.42. The summed E-state index contributed by atoms with van der Waals surface area (Å²) in [6, 6.07) is 14.7. The van der Waals surface area contributed by atoms with E-state index in [1.165, 1.54) is 4.68 Å². The van der Waals surface area contributed by atoms with Crippen LogP contribution in [0.3, 0.4) is 0 Å². The van der Waals surface area contributed by atoms with Crippen molar-refractivity contribution in [2.24, 2.45) is 11.0 Å². The summed E-state index contributed by atoms with van der Waals surface area (Å²) in [5.41, 5.74) is 2.21. The molecule has 0 radical (unpaired) electrons. The smallest absolute Gasteiger partial charge is 0.282 e. The summed E-state index contributed by atoms with van der Waals surface area (Å²) in [7, 11) is 0. The molecule has 28 heavy (non-hydrogen) atoms. The maximum atomic E-state index is 13.1. The molecule has 1 aliphatic heterocycles. The number of fused-ring (bicyclic) bond motifs is 2. The molecule has 6 heteroatoms. The third kappa shape index (κ3) is 3.01. The molecule has 2 heterocycles. The van der Waals surface area contributed by atoms with Gasteiger partial charge in [0.1, 0.15) is 5.82 Å². The first-order valence-electron chi connectivity index (χ1n) is 9.46. The highest BCUT2D eigenvalue weighted by Crippen LogP contribution is 2.29. The van der Waals surface area contributed by atoms with Crippen molar-refractivity contribution in [2.75, 3.05) is 11.4 Å². The Morgan fingerprint density at radius 1 is 1.04 bits per heavy atom. The molecule has 0 N–H and O–H groups in total. The highest BCUT2D eigenvalue weighted by molar-refractivity contribution is 6.54. The Kier molecular flexibility index (Phi) is 4.55. The molecule has 0 fully saturated rings. The van der Waals surface area contributed by atoms with Gasteiger partial charge in [-0.15, -0.1) is 0 Å². The largest absolute Gasteiger partial charge is 0.306 e. The predicted octanol–water partition coefficient (Wildman–Crippen LogP) is 3.35. The van der Waals surface area contributed by atoms with Gasteiger partial charge in [-0.3, -0.25) is 9.59 Å². The van der Waals surface area contributed by atoms with Gasteiger partial charge in [0.25, 0.3) is 11.5 Å². The zero-order valence-electron chi connectivity index (χ0n) is 16.2. The van der Waals surface area contributed by atoms with Gasteiger partial charge in [0.15, 0.2) is 5.71 Å². The molecule has 3 aromatic rings. The lowest BCUT2D eigenvalue weighted by molar-refractivity contribution is -0.112. The standard InChI is InChI=1S/C22H22N4O2/c1-14(2)12-13-25-19-11-7-5-9-17(19)20(22(25)28)24-26-15(3)23-18-10-6-4-8-16(18)21(26)27/h4-11,14H,12-13H2,1-3H3. The van der Waals surface area contributed by atoms with Crippen molar-refractivity contribution >= 4 is 28.2 Å². The third-order valence-corrected chi connectivity index (χ3v) is 4.94. The number of aryl methyl sites for hydroxylation is 1. The number of anilines is 1. The van der Waals surface area contributed by atoms with E-state index in [2.05, 4.69) is 23.9 Å². The van der Waals surface area contributed by atoms with Crippen molar-refractivity contribution < 1.29 is 4.79 Å². The summed E-state index contributed by atoms with van der Waals surface area (Å²) in [5, 5.41) is 4.95. The van der Waals surface area contributed by atoms with Gasteiger partial charge in [0.2, 0.25) is 0 Å². The van der Waals surface area contributed by atoms with E-state index < -0.39 is 0 Å². The monoisotopic (exact) mass is 374 g/mol. The van der Waals surface area contributed by atoms with E-state index >= 15 is 0 Å². The van der Waals surface area contributed by atoms with Gasteiger partial charge in [-0.25, -0.2) is 4.98 Å². The second kappa shape index (κ2) is 7.03. The van der Waals surface area contributed by atoms with Crippen LogP contribution in [-0.4, -0.2) is 27.8 Å². The molecule has 0 saturated heterocycles. The molecule has 2 aromatic carbocycles. The van der Waals surface area contributed by atoms with Crippen LogP contribution < -0.4 is 10.5 Å². The molecule has 0 atom stereocenters. The van der Waals surface area contributed by atoms with Gasteiger partial charge in [0, 0.05) is 12.1 Å². The fraction of sp³-hybridized carbons (Fsp3) is 0.273. The summed E-state index contributed by atoms with van der Waals surface area (Å²) in [4.78, 5) is 32.3. The maximum Gasteiger partial charge on any atom is 0.282 e. The highest BCUT2D eigenvalue weighted by Gasteiger charge is 2.34. The number of carbonyl (C=O) groups excluding carboxylic acids is 1. The molecule has 1 aliphatic rings. The van der Waals surface area contributed by atoms with Crippen molar-refractivity contribution in [3.8, 4) is 0 Å². The molecule has 142 valence electrons. The molecule has 0 bridgehead atoms. The van der Waals surface area contributed by atoms with E-state index in [-0.39, 0.29) is 17.2 Å². The normalized spacial score (nSPS) is 15.1. The minimum Gasteiger partial charge on any atom is -0.306 e. The Bertz CT molecular complexity index is 1160. The Hall–Kier alpha value is -3.28. The summed E-state index contributed by atoms with van der Waals surface area (Å²) < 4.78 is 1.23. The van der Waals surface area contributed by atoms with Crippen LogP contribution in [0.2, 0.25) is 0 Å². The lowest BCUT2D eigenvalue weighted by Gasteiger charge is -2.17. The van der Waals surface area contributed by atoms with Gasteiger partial charge in [-0.2, -0.15) is 9.78 Å². The molecule has 4 rings (SSSR count). The summed E-state index contributed by atoms with van der Waals surface area (Å²) in [6.07, 6.45) is 0.893. The minimum absolute atomic E-state index is 0.179. The van der Waals surface area contributed by atoms with Gasteiger partial charge >= 0.3 is 0 Å². The van der Waals surface area contributed by atoms with Gasteiger partial charge in [-0.1, -0.05) is 44.2 Å². The number of benzene rings is 2. The number of carbonyl (C=O) groups is 1. The van der Waals surface area contributed by atoms with Crippen molar-refractivity contribution in [1.29, 1.82) is 0 Å². The van der Waals surface area contributed by atoms with Crippen LogP contribution in [0.15, 0.2) is 58.4 Å². The molecular formula is C22H22N4O2. The number of hydrogen-bond acceptors (Lipinski definition) is 4. The van der Waals surface area contributed by atoms with Crippen LogP contribution in [0.5, 0.6) is 0 Å². The Morgan fingerprint density at radius 3 is 2.54 bits per heavy atom.